The fourth-order valence-electron chi connectivity index (χ4n) is 3.26. The third kappa shape index (κ3) is 18.1. The second-order valence-corrected chi connectivity index (χ2v) is 12.2. The topological polar surface area (TPSA) is 151 Å². The van der Waals surface area contributed by atoms with Crippen molar-refractivity contribution < 1.29 is 58.4 Å². The lowest BCUT2D eigenvalue weighted by molar-refractivity contribution is -0.0217. The van der Waals surface area contributed by atoms with E-state index in [0.717, 1.165) is 5.56 Å². The van der Waals surface area contributed by atoms with Crippen molar-refractivity contribution in [3.63, 3.8) is 0 Å². The third-order valence-corrected chi connectivity index (χ3v) is 8.16. The van der Waals surface area contributed by atoms with Crippen LogP contribution in [0.4, 0.5) is 0 Å². The Kier molecular flexibility index (Phi) is 20.2. The summed E-state index contributed by atoms with van der Waals surface area (Å²) in [4.78, 5) is 0.231. The fourth-order valence-corrected chi connectivity index (χ4v) is 5.06. The molecule has 0 spiro atoms. The lowest BCUT2D eigenvalue weighted by Gasteiger charge is -2.09. The second-order valence-electron chi connectivity index (χ2n) is 8.96. The summed E-state index contributed by atoms with van der Waals surface area (Å²) in [6.45, 7) is 6.72. The zero-order valence-corrected chi connectivity index (χ0v) is 26.8. The van der Waals surface area contributed by atoms with Crippen LogP contribution in [0.5, 0.6) is 0 Å². The largest absolute Gasteiger partial charge is 0.377 e. The van der Waals surface area contributed by atoms with E-state index in [1.165, 1.54) is 24.3 Å². The number of rotatable bonds is 28. The van der Waals surface area contributed by atoms with E-state index in [1.807, 2.05) is 6.92 Å². The SMILES string of the molecule is Cc1ccc(S(=O)(=O)OCCOCCOCCOCCOCCOCCOCCOCCOS(=O)(=O)c2ccccc2)cc1. The standard InChI is InChI=1S/C29H44O13S2/c1-27-7-9-29(10-8-27)44(32,33)42-26-24-40-22-20-38-18-16-36-14-12-34-11-13-35-15-17-37-19-21-39-23-25-41-43(30,31)28-5-3-2-4-6-28/h2-10H,11-26H2,1H3. The highest BCUT2D eigenvalue weighted by atomic mass is 32.2. The normalized spacial score (nSPS) is 12.1. The van der Waals surface area contributed by atoms with Crippen LogP contribution < -0.4 is 0 Å². The number of hydrogen-bond donors (Lipinski definition) is 0. The van der Waals surface area contributed by atoms with Crippen molar-refractivity contribution in [2.24, 2.45) is 0 Å². The maximum Gasteiger partial charge on any atom is 0.297 e. The first-order chi connectivity index (χ1) is 21.3. The van der Waals surface area contributed by atoms with Crippen LogP contribution >= 0.6 is 0 Å². The van der Waals surface area contributed by atoms with Crippen LogP contribution in [0.1, 0.15) is 5.56 Å². The van der Waals surface area contributed by atoms with Gasteiger partial charge in [0.1, 0.15) is 0 Å². The summed E-state index contributed by atoms with van der Waals surface area (Å²) in [5, 5.41) is 0. The van der Waals surface area contributed by atoms with E-state index in [4.69, 9.17) is 41.5 Å². The summed E-state index contributed by atoms with van der Waals surface area (Å²) >= 11 is 0. The Hall–Kier alpha value is -2.02. The molecule has 0 atom stereocenters. The van der Waals surface area contributed by atoms with Crippen LogP contribution in [0, 0.1) is 6.92 Å². The molecule has 0 aliphatic heterocycles. The van der Waals surface area contributed by atoms with Crippen molar-refractivity contribution >= 4 is 20.2 Å². The Bertz CT molecular complexity index is 1190. The van der Waals surface area contributed by atoms with Crippen molar-refractivity contribution in [2.45, 2.75) is 16.7 Å². The van der Waals surface area contributed by atoms with Gasteiger partial charge in [0.2, 0.25) is 0 Å². The van der Waals surface area contributed by atoms with E-state index in [1.54, 1.807) is 30.3 Å². The minimum absolute atomic E-state index is 0.0695. The van der Waals surface area contributed by atoms with Crippen molar-refractivity contribution in [1.29, 1.82) is 0 Å². The van der Waals surface area contributed by atoms with Gasteiger partial charge >= 0.3 is 0 Å². The second kappa shape index (κ2) is 23.3. The molecular formula is C29H44O13S2. The van der Waals surface area contributed by atoms with Gasteiger partial charge < -0.3 is 33.2 Å². The number of hydrogen-bond acceptors (Lipinski definition) is 13. The Morgan fingerprint density at radius 2 is 0.659 bits per heavy atom. The van der Waals surface area contributed by atoms with Gasteiger partial charge in [-0.2, -0.15) is 16.8 Å². The van der Waals surface area contributed by atoms with Crippen molar-refractivity contribution in [3.8, 4) is 0 Å². The molecule has 0 radical (unpaired) electrons. The minimum Gasteiger partial charge on any atom is -0.377 e. The van der Waals surface area contributed by atoms with Crippen molar-refractivity contribution in [2.75, 3.05) is 106 Å². The number of benzene rings is 2. The van der Waals surface area contributed by atoms with Crippen LogP contribution in [0.25, 0.3) is 0 Å². The van der Waals surface area contributed by atoms with Gasteiger partial charge in [-0.3, -0.25) is 8.37 Å². The Balaban J connectivity index is 1.24. The molecule has 44 heavy (non-hydrogen) atoms. The highest BCUT2D eigenvalue weighted by Crippen LogP contribution is 2.13. The highest BCUT2D eigenvalue weighted by molar-refractivity contribution is 7.87. The maximum absolute atomic E-state index is 12.1. The van der Waals surface area contributed by atoms with E-state index in [-0.39, 0.29) is 36.2 Å². The fraction of sp³-hybridized carbons (Fsp3) is 0.586. The summed E-state index contributed by atoms with van der Waals surface area (Å²) in [5.74, 6) is 0. The first kappa shape index (κ1) is 38.2. The van der Waals surface area contributed by atoms with Crippen LogP contribution in [0.2, 0.25) is 0 Å². The molecular weight excluding hydrogens is 620 g/mol. The lowest BCUT2D eigenvalue weighted by Crippen LogP contribution is -2.16. The quantitative estimate of drug-likeness (QED) is 0.0967. The van der Waals surface area contributed by atoms with Gasteiger partial charge in [0.05, 0.1) is 116 Å². The predicted octanol–water partition coefficient (Wildman–Crippen LogP) is 2.22. The van der Waals surface area contributed by atoms with E-state index in [9.17, 15) is 16.8 Å². The predicted molar refractivity (Wildman–Crippen MR) is 160 cm³/mol. The van der Waals surface area contributed by atoms with Crippen LogP contribution in [-0.4, -0.2) is 123 Å². The average Bonchev–Trinajstić information content (AvgIpc) is 3.01. The number of aryl methyl sites for hydroxylation is 1. The summed E-state index contributed by atoms with van der Waals surface area (Å²) < 4.78 is 95.6. The molecule has 0 bridgehead atoms. The van der Waals surface area contributed by atoms with E-state index >= 15 is 0 Å². The molecule has 0 fully saturated rings. The molecule has 0 aliphatic carbocycles. The van der Waals surface area contributed by atoms with Gasteiger partial charge in [-0.05, 0) is 31.2 Å². The zero-order valence-electron chi connectivity index (χ0n) is 25.1. The molecule has 0 amide bonds. The first-order valence-electron chi connectivity index (χ1n) is 14.3. The molecule has 0 saturated carbocycles. The average molecular weight is 665 g/mol. The smallest absolute Gasteiger partial charge is 0.297 e. The van der Waals surface area contributed by atoms with Gasteiger partial charge in [0.15, 0.2) is 0 Å². The summed E-state index contributed by atoms with van der Waals surface area (Å²) in [6.07, 6.45) is 0. The maximum atomic E-state index is 12.1. The van der Waals surface area contributed by atoms with Crippen LogP contribution in [-0.2, 0) is 61.8 Å². The van der Waals surface area contributed by atoms with Gasteiger partial charge in [-0.1, -0.05) is 35.9 Å². The van der Waals surface area contributed by atoms with E-state index in [0.29, 0.717) is 79.3 Å². The molecule has 0 saturated heterocycles. The lowest BCUT2D eigenvalue weighted by atomic mass is 10.2. The van der Waals surface area contributed by atoms with Gasteiger partial charge in [0, 0.05) is 0 Å². The summed E-state index contributed by atoms with van der Waals surface area (Å²) in [5.41, 5.74) is 0.968. The summed E-state index contributed by atoms with van der Waals surface area (Å²) in [7, 11) is -7.55. The Morgan fingerprint density at radius 1 is 0.386 bits per heavy atom. The monoisotopic (exact) mass is 664 g/mol. The van der Waals surface area contributed by atoms with Gasteiger partial charge in [-0.25, -0.2) is 0 Å². The van der Waals surface area contributed by atoms with Gasteiger partial charge in [-0.15, -0.1) is 0 Å². The molecule has 250 valence electrons. The summed E-state index contributed by atoms with van der Waals surface area (Å²) in [6, 6.07) is 14.4. The molecule has 0 aliphatic rings. The third-order valence-electron chi connectivity index (χ3n) is 5.51. The van der Waals surface area contributed by atoms with Crippen molar-refractivity contribution in [3.05, 3.63) is 60.2 Å². The molecule has 2 aromatic rings. The number of ether oxygens (including phenoxy) is 7. The van der Waals surface area contributed by atoms with E-state index < -0.39 is 20.2 Å². The molecule has 0 unspecified atom stereocenters. The highest BCUT2D eigenvalue weighted by Gasteiger charge is 2.15. The molecule has 2 aromatic carbocycles. The first-order valence-corrected chi connectivity index (χ1v) is 17.1. The molecule has 0 heterocycles. The minimum atomic E-state index is -3.78. The van der Waals surface area contributed by atoms with E-state index in [2.05, 4.69) is 0 Å². The molecule has 0 N–H and O–H groups in total. The molecule has 0 aromatic heterocycles. The zero-order chi connectivity index (χ0) is 31.8. The molecule has 2 rings (SSSR count). The van der Waals surface area contributed by atoms with Gasteiger partial charge in [0.25, 0.3) is 20.2 Å². The Labute approximate surface area is 260 Å². The Morgan fingerprint density at radius 3 is 0.977 bits per heavy atom. The van der Waals surface area contributed by atoms with Crippen molar-refractivity contribution in [1.82, 2.24) is 0 Å². The van der Waals surface area contributed by atoms with Crippen LogP contribution in [0.3, 0.4) is 0 Å². The molecule has 13 nitrogen and oxygen atoms in total. The molecule has 15 heteroatoms. The van der Waals surface area contributed by atoms with Crippen LogP contribution in [0.15, 0.2) is 64.4 Å².